The van der Waals surface area contributed by atoms with Crippen LogP contribution < -0.4 is 11.1 Å². The summed E-state index contributed by atoms with van der Waals surface area (Å²) in [7, 11) is 0. The highest BCUT2D eigenvalue weighted by Crippen LogP contribution is 2.23. The Kier molecular flexibility index (Phi) is 2.85. The summed E-state index contributed by atoms with van der Waals surface area (Å²) in [6.07, 6.45) is 2.28. The predicted molar refractivity (Wildman–Crippen MR) is 69.5 cm³/mol. The van der Waals surface area contributed by atoms with E-state index in [9.17, 15) is 4.79 Å². The predicted octanol–water partition coefficient (Wildman–Crippen LogP) is 1.13. The molecule has 2 heterocycles. The van der Waals surface area contributed by atoms with E-state index in [0.29, 0.717) is 11.6 Å². The minimum atomic E-state index is -0.0490. The van der Waals surface area contributed by atoms with E-state index < -0.39 is 0 Å². The number of benzene rings is 1. The molecule has 0 bridgehead atoms. The number of ketones is 1. The van der Waals surface area contributed by atoms with E-state index in [-0.39, 0.29) is 12.3 Å². The molecule has 18 heavy (non-hydrogen) atoms. The number of hydrogen-bond acceptors (Lipinski definition) is 4. The molecule has 4 N–H and O–H groups in total. The van der Waals surface area contributed by atoms with Crippen LogP contribution in [-0.2, 0) is 0 Å². The summed E-state index contributed by atoms with van der Waals surface area (Å²) in [5.41, 5.74) is 7.80. The maximum absolute atomic E-state index is 11.5. The largest absolute Gasteiger partial charge is 0.341 e. The van der Waals surface area contributed by atoms with E-state index in [1.54, 1.807) is 6.07 Å². The second-order valence-electron chi connectivity index (χ2n) is 4.63. The summed E-state index contributed by atoms with van der Waals surface area (Å²) >= 11 is 0. The topological polar surface area (TPSA) is 83.8 Å². The summed E-state index contributed by atoms with van der Waals surface area (Å²) in [5, 5.41) is 3.40. The van der Waals surface area contributed by atoms with Gasteiger partial charge in [0.05, 0.1) is 23.6 Å². The van der Waals surface area contributed by atoms with E-state index in [0.717, 1.165) is 29.8 Å². The van der Waals surface area contributed by atoms with Gasteiger partial charge in [-0.15, -0.1) is 0 Å². The number of imidazole rings is 1. The van der Waals surface area contributed by atoms with Crippen LogP contribution in [0.1, 0.15) is 35.1 Å². The monoisotopic (exact) mass is 244 g/mol. The quantitative estimate of drug-likeness (QED) is 0.707. The van der Waals surface area contributed by atoms with Crippen molar-refractivity contribution >= 4 is 16.8 Å². The zero-order valence-electron chi connectivity index (χ0n) is 10.1. The number of Topliss-reactive ketones (excluding diaryl/α,β-unsaturated/α-hetero) is 1. The number of rotatable bonds is 3. The van der Waals surface area contributed by atoms with Gasteiger partial charge >= 0.3 is 0 Å². The number of aromatic nitrogens is 2. The average Bonchev–Trinajstić information content (AvgIpc) is 3.04. The number of fused-ring (bicyclic) bond motifs is 1. The van der Waals surface area contributed by atoms with Crippen LogP contribution >= 0.6 is 0 Å². The molecule has 1 saturated heterocycles. The molecule has 1 aromatic carbocycles. The zero-order chi connectivity index (χ0) is 12.5. The SMILES string of the molecule is NCC(=O)c1ccc2nc([C@@H]3CCCN3)[nH]c2c1. The second-order valence-corrected chi connectivity index (χ2v) is 4.63. The first-order valence-electron chi connectivity index (χ1n) is 6.24. The van der Waals surface area contributed by atoms with Crippen molar-refractivity contribution in [3.63, 3.8) is 0 Å². The van der Waals surface area contributed by atoms with Crippen molar-refractivity contribution in [2.24, 2.45) is 5.73 Å². The van der Waals surface area contributed by atoms with Crippen molar-refractivity contribution < 1.29 is 4.79 Å². The van der Waals surface area contributed by atoms with Gasteiger partial charge in [-0.25, -0.2) is 4.98 Å². The normalized spacial score (nSPS) is 19.5. The van der Waals surface area contributed by atoms with Gasteiger partial charge in [0.2, 0.25) is 0 Å². The fourth-order valence-electron chi connectivity index (χ4n) is 2.40. The van der Waals surface area contributed by atoms with Crippen LogP contribution in [0.25, 0.3) is 11.0 Å². The van der Waals surface area contributed by atoms with Gasteiger partial charge in [-0.05, 0) is 37.6 Å². The van der Waals surface area contributed by atoms with Gasteiger partial charge in [-0.3, -0.25) is 4.79 Å². The van der Waals surface area contributed by atoms with Gasteiger partial charge in [0.15, 0.2) is 5.78 Å². The summed E-state index contributed by atoms with van der Waals surface area (Å²) in [6, 6.07) is 5.79. The Labute approximate surface area is 105 Å². The van der Waals surface area contributed by atoms with Crippen LogP contribution in [0, 0.1) is 0 Å². The molecule has 94 valence electrons. The Morgan fingerprint density at radius 1 is 1.50 bits per heavy atom. The number of hydrogen-bond donors (Lipinski definition) is 3. The van der Waals surface area contributed by atoms with Crippen LogP contribution in [0.3, 0.4) is 0 Å². The van der Waals surface area contributed by atoms with Gasteiger partial charge in [-0.1, -0.05) is 0 Å². The lowest BCUT2D eigenvalue weighted by Crippen LogP contribution is -2.14. The van der Waals surface area contributed by atoms with Crippen molar-refractivity contribution in [1.82, 2.24) is 15.3 Å². The zero-order valence-corrected chi connectivity index (χ0v) is 10.1. The number of aromatic amines is 1. The highest BCUT2D eigenvalue weighted by molar-refractivity contribution is 6.00. The number of nitrogens with zero attached hydrogens (tertiary/aromatic N) is 1. The molecule has 1 atom stereocenters. The third-order valence-electron chi connectivity index (χ3n) is 3.40. The van der Waals surface area contributed by atoms with E-state index >= 15 is 0 Å². The first-order valence-corrected chi connectivity index (χ1v) is 6.24. The van der Waals surface area contributed by atoms with E-state index in [4.69, 9.17) is 5.73 Å². The molecular formula is C13H16N4O. The van der Waals surface area contributed by atoms with Gasteiger partial charge in [-0.2, -0.15) is 0 Å². The second kappa shape index (κ2) is 4.51. The third kappa shape index (κ3) is 1.91. The smallest absolute Gasteiger partial charge is 0.176 e. The lowest BCUT2D eigenvalue weighted by atomic mass is 10.1. The van der Waals surface area contributed by atoms with Crippen LogP contribution in [-0.4, -0.2) is 28.8 Å². The highest BCUT2D eigenvalue weighted by atomic mass is 16.1. The van der Waals surface area contributed by atoms with Crippen LogP contribution in [0.5, 0.6) is 0 Å². The highest BCUT2D eigenvalue weighted by Gasteiger charge is 2.19. The van der Waals surface area contributed by atoms with Crippen molar-refractivity contribution in [3.8, 4) is 0 Å². The van der Waals surface area contributed by atoms with E-state index in [1.165, 1.54) is 6.42 Å². The number of carbonyl (C=O) groups excluding carboxylic acids is 1. The molecule has 1 fully saturated rings. The van der Waals surface area contributed by atoms with Gasteiger partial charge in [0.25, 0.3) is 0 Å². The van der Waals surface area contributed by atoms with Crippen molar-refractivity contribution in [1.29, 1.82) is 0 Å². The Morgan fingerprint density at radius 3 is 3.11 bits per heavy atom. The maximum Gasteiger partial charge on any atom is 0.176 e. The molecule has 3 rings (SSSR count). The molecule has 0 saturated carbocycles. The molecule has 0 spiro atoms. The summed E-state index contributed by atoms with van der Waals surface area (Å²) < 4.78 is 0. The Hall–Kier alpha value is -1.72. The van der Waals surface area contributed by atoms with E-state index in [2.05, 4.69) is 15.3 Å². The maximum atomic E-state index is 11.5. The Morgan fingerprint density at radius 2 is 2.39 bits per heavy atom. The first-order chi connectivity index (χ1) is 8.78. The number of H-pyrrole nitrogens is 1. The summed E-state index contributed by atoms with van der Waals surface area (Å²) in [5.74, 6) is 0.909. The minimum Gasteiger partial charge on any atom is -0.341 e. The van der Waals surface area contributed by atoms with Crippen molar-refractivity contribution in [2.75, 3.05) is 13.1 Å². The first kappa shape index (κ1) is 11.4. The van der Waals surface area contributed by atoms with Gasteiger partial charge in [0.1, 0.15) is 5.82 Å². The molecule has 5 nitrogen and oxygen atoms in total. The molecule has 1 aliphatic heterocycles. The molecule has 2 aromatic rings. The third-order valence-corrected chi connectivity index (χ3v) is 3.40. The molecule has 0 aliphatic carbocycles. The fraction of sp³-hybridized carbons (Fsp3) is 0.385. The van der Waals surface area contributed by atoms with Crippen LogP contribution in [0.15, 0.2) is 18.2 Å². The molecular weight excluding hydrogens is 228 g/mol. The fourth-order valence-corrected chi connectivity index (χ4v) is 2.40. The van der Waals surface area contributed by atoms with Gasteiger partial charge in [0, 0.05) is 5.56 Å². The Balaban J connectivity index is 1.98. The van der Waals surface area contributed by atoms with Crippen LogP contribution in [0.4, 0.5) is 0 Å². The van der Waals surface area contributed by atoms with Crippen molar-refractivity contribution in [2.45, 2.75) is 18.9 Å². The lowest BCUT2D eigenvalue weighted by molar-refractivity contribution is 0.100. The minimum absolute atomic E-state index is 0.0384. The summed E-state index contributed by atoms with van der Waals surface area (Å²) in [6.45, 7) is 1.08. The molecule has 5 heteroatoms. The lowest BCUT2D eigenvalue weighted by Gasteiger charge is -2.04. The summed E-state index contributed by atoms with van der Waals surface area (Å²) in [4.78, 5) is 19.4. The van der Waals surface area contributed by atoms with E-state index in [1.807, 2.05) is 12.1 Å². The molecule has 0 amide bonds. The van der Waals surface area contributed by atoms with Crippen LogP contribution in [0.2, 0.25) is 0 Å². The standard InChI is InChI=1S/C13H16N4O/c14-7-12(18)8-3-4-9-11(6-8)17-13(16-9)10-2-1-5-15-10/h3-4,6,10,15H,1-2,5,7,14H2,(H,16,17)/t10-/m0/s1. The van der Waals surface area contributed by atoms with Gasteiger partial charge < -0.3 is 16.0 Å². The Bertz CT molecular complexity index is 584. The molecule has 1 aliphatic rings. The number of carbonyl (C=O) groups is 1. The average molecular weight is 244 g/mol. The molecule has 1 aromatic heterocycles. The molecule has 0 radical (unpaired) electrons. The molecule has 0 unspecified atom stereocenters. The number of nitrogens with two attached hydrogens (primary N) is 1. The van der Waals surface area contributed by atoms with Crippen molar-refractivity contribution in [3.05, 3.63) is 29.6 Å². The number of nitrogens with one attached hydrogen (secondary N) is 2.